The molecule has 2 aromatic carbocycles. The highest BCUT2D eigenvalue weighted by Gasteiger charge is 2.16. The number of hydrogen-bond donors (Lipinski definition) is 1. The van der Waals surface area contributed by atoms with Crippen LogP contribution in [0.3, 0.4) is 0 Å². The van der Waals surface area contributed by atoms with Crippen LogP contribution in [-0.2, 0) is 11.3 Å². The van der Waals surface area contributed by atoms with Crippen LogP contribution in [0.2, 0.25) is 5.02 Å². The zero-order valence-corrected chi connectivity index (χ0v) is 17.3. The molecule has 0 spiro atoms. The standard InChI is InChI=1S/C20H19ClN4O5/c1-12(26)22-17-10-14(7-8-16(17)21)25-20(28)24(19(27)18(23-25)30-3)11-13-5-4-6-15(9-13)29-2/h4-10H,11H2,1-3H3,(H,22,26). The minimum Gasteiger partial charge on any atom is -0.497 e. The maximum Gasteiger partial charge on any atom is 0.352 e. The lowest BCUT2D eigenvalue weighted by Gasteiger charge is -2.13. The average molecular weight is 431 g/mol. The van der Waals surface area contributed by atoms with Gasteiger partial charge in [-0.1, -0.05) is 23.7 Å². The predicted octanol–water partition coefficient (Wildman–Crippen LogP) is 2.07. The molecule has 3 aromatic rings. The Morgan fingerprint density at radius 3 is 2.57 bits per heavy atom. The molecule has 1 N–H and O–H groups in total. The maximum absolute atomic E-state index is 13.1. The molecule has 0 atom stereocenters. The molecular formula is C20H19ClN4O5. The molecule has 0 bridgehead atoms. The third-order valence-electron chi connectivity index (χ3n) is 4.20. The summed E-state index contributed by atoms with van der Waals surface area (Å²) in [6.07, 6.45) is 0. The van der Waals surface area contributed by atoms with E-state index in [2.05, 4.69) is 10.4 Å². The van der Waals surface area contributed by atoms with Crippen LogP contribution in [0.5, 0.6) is 11.6 Å². The van der Waals surface area contributed by atoms with Gasteiger partial charge in [0.2, 0.25) is 5.91 Å². The van der Waals surface area contributed by atoms with Gasteiger partial charge in [-0.15, -0.1) is 5.10 Å². The molecule has 9 nitrogen and oxygen atoms in total. The first-order valence-corrected chi connectivity index (χ1v) is 9.20. The second kappa shape index (κ2) is 8.83. The van der Waals surface area contributed by atoms with Gasteiger partial charge in [-0.2, -0.15) is 4.68 Å². The summed E-state index contributed by atoms with van der Waals surface area (Å²) >= 11 is 6.10. The molecule has 0 aliphatic rings. The minimum absolute atomic E-state index is 0.0140. The molecule has 0 aliphatic heterocycles. The number of ether oxygens (including phenoxy) is 2. The number of methoxy groups -OCH3 is 2. The summed E-state index contributed by atoms with van der Waals surface area (Å²) in [6, 6.07) is 11.5. The smallest absolute Gasteiger partial charge is 0.352 e. The Balaban J connectivity index is 2.15. The van der Waals surface area contributed by atoms with E-state index in [-0.39, 0.29) is 18.3 Å². The summed E-state index contributed by atoms with van der Waals surface area (Å²) in [5, 5.41) is 6.89. The summed E-state index contributed by atoms with van der Waals surface area (Å²) < 4.78 is 12.3. The van der Waals surface area contributed by atoms with Gasteiger partial charge in [0.15, 0.2) is 0 Å². The van der Waals surface area contributed by atoms with Crippen molar-refractivity contribution in [2.24, 2.45) is 0 Å². The Morgan fingerprint density at radius 2 is 1.90 bits per heavy atom. The van der Waals surface area contributed by atoms with Crippen LogP contribution < -0.4 is 26.0 Å². The maximum atomic E-state index is 13.1. The van der Waals surface area contributed by atoms with E-state index in [4.69, 9.17) is 21.1 Å². The second-order valence-corrected chi connectivity index (χ2v) is 6.70. The fraction of sp³-hybridized carbons (Fsp3) is 0.200. The summed E-state index contributed by atoms with van der Waals surface area (Å²) in [4.78, 5) is 37.2. The van der Waals surface area contributed by atoms with Crippen molar-refractivity contribution >= 4 is 23.2 Å². The van der Waals surface area contributed by atoms with Crippen molar-refractivity contribution in [2.45, 2.75) is 13.5 Å². The highest BCUT2D eigenvalue weighted by molar-refractivity contribution is 6.33. The van der Waals surface area contributed by atoms with Gasteiger partial charge in [-0.25, -0.2) is 9.36 Å². The predicted molar refractivity (Wildman–Crippen MR) is 112 cm³/mol. The first-order chi connectivity index (χ1) is 14.3. The van der Waals surface area contributed by atoms with Crippen LogP contribution in [0, 0.1) is 0 Å². The number of amides is 1. The highest BCUT2D eigenvalue weighted by Crippen LogP contribution is 2.24. The van der Waals surface area contributed by atoms with Gasteiger partial charge in [-0.3, -0.25) is 9.59 Å². The molecule has 0 saturated heterocycles. The number of nitrogens with one attached hydrogen (secondary N) is 1. The molecule has 1 heterocycles. The van der Waals surface area contributed by atoms with Gasteiger partial charge in [0.25, 0.3) is 5.88 Å². The van der Waals surface area contributed by atoms with E-state index in [1.165, 1.54) is 33.3 Å². The molecule has 1 aromatic heterocycles. The van der Waals surface area contributed by atoms with Crippen LogP contribution in [0.4, 0.5) is 5.69 Å². The van der Waals surface area contributed by atoms with Crippen molar-refractivity contribution in [3.8, 4) is 17.3 Å². The highest BCUT2D eigenvalue weighted by atomic mass is 35.5. The zero-order chi connectivity index (χ0) is 21.8. The first-order valence-electron chi connectivity index (χ1n) is 8.82. The van der Waals surface area contributed by atoms with Crippen LogP contribution in [-0.4, -0.2) is 34.5 Å². The Hall–Kier alpha value is -3.59. The molecule has 0 fully saturated rings. The number of benzene rings is 2. The third kappa shape index (κ3) is 4.36. The summed E-state index contributed by atoms with van der Waals surface area (Å²) in [7, 11) is 2.82. The number of anilines is 1. The van der Waals surface area contributed by atoms with E-state index >= 15 is 0 Å². The number of carbonyl (C=O) groups excluding carboxylic acids is 1. The second-order valence-electron chi connectivity index (χ2n) is 6.29. The van der Waals surface area contributed by atoms with Crippen molar-refractivity contribution in [3.63, 3.8) is 0 Å². The van der Waals surface area contributed by atoms with Crippen molar-refractivity contribution < 1.29 is 14.3 Å². The number of carbonyl (C=O) groups is 1. The SMILES string of the molecule is COc1cccc(Cn2c(=O)c(OC)nn(-c3ccc(Cl)c(NC(C)=O)c3)c2=O)c1. The minimum atomic E-state index is -0.681. The number of halogens is 1. The lowest BCUT2D eigenvalue weighted by Crippen LogP contribution is -2.41. The molecule has 10 heteroatoms. The van der Waals surface area contributed by atoms with Crippen LogP contribution in [0.1, 0.15) is 12.5 Å². The molecule has 0 unspecified atom stereocenters. The van der Waals surface area contributed by atoms with Gasteiger partial charge in [-0.05, 0) is 35.9 Å². The summed E-state index contributed by atoms with van der Waals surface area (Å²) in [5.41, 5.74) is -0.0635. The van der Waals surface area contributed by atoms with E-state index in [1.807, 2.05) is 0 Å². The normalized spacial score (nSPS) is 10.5. The summed E-state index contributed by atoms with van der Waals surface area (Å²) in [6.45, 7) is 1.32. The Bertz CT molecular complexity index is 1220. The van der Waals surface area contributed by atoms with E-state index in [0.717, 1.165) is 9.25 Å². The molecular weight excluding hydrogens is 412 g/mol. The van der Waals surface area contributed by atoms with Crippen molar-refractivity contribution in [1.29, 1.82) is 0 Å². The monoisotopic (exact) mass is 430 g/mol. The lowest BCUT2D eigenvalue weighted by molar-refractivity contribution is -0.114. The quantitative estimate of drug-likeness (QED) is 0.642. The first kappa shape index (κ1) is 21.1. The Morgan fingerprint density at radius 1 is 1.13 bits per heavy atom. The van der Waals surface area contributed by atoms with E-state index in [9.17, 15) is 14.4 Å². The number of hydrogen-bond acceptors (Lipinski definition) is 6. The fourth-order valence-corrected chi connectivity index (χ4v) is 2.98. The van der Waals surface area contributed by atoms with Gasteiger partial charge in [0, 0.05) is 6.92 Å². The van der Waals surface area contributed by atoms with Gasteiger partial charge in [0.1, 0.15) is 5.75 Å². The fourth-order valence-electron chi connectivity index (χ4n) is 2.81. The molecule has 1 amide bonds. The van der Waals surface area contributed by atoms with Crippen LogP contribution >= 0.6 is 11.6 Å². The van der Waals surface area contributed by atoms with Gasteiger partial charge >= 0.3 is 11.2 Å². The largest absolute Gasteiger partial charge is 0.497 e. The van der Waals surface area contributed by atoms with Gasteiger partial charge in [0.05, 0.1) is 37.2 Å². The molecule has 3 rings (SSSR count). The molecule has 156 valence electrons. The zero-order valence-electron chi connectivity index (χ0n) is 16.5. The molecule has 0 aliphatic carbocycles. The lowest BCUT2D eigenvalue weighted by atomic mass is 10.2. The van der Waals surface area contributed by atoms with Crippen LogP contribution in [0.15, 0.2) is 52.1 Å². The van der Waals surface area contributed by atoms with Crippen LogP contribution in [0.25, 0.3) is 5.69 Å². The van der Waals surface area contributed by atoms with E-state index in [0.29, 0.717) is 27.7 Å². The molecule has 0 saturated carbocycles. The van der Waals surface area contributed by atoms with Crippen molar-refractivity contribution in [3.05, 3.63) is 73.9 Å². The Kier molecular flexibility index (Phi) is 6.22. The molecule has 0 radical (unpaired) electrons. The van der Waals surface area contributed by atoms with E-state index in [1.54, 1.807) is 30.3 Å². The van der Waals surface area contributed by atoms with Crippen molar-refractivity contribution in [2.75, 3.05) is 19.5 Å². The molecule has 30 heavy (non-hydrogen) atoms. The number of aromatic nitrogens is 3. The Labute approximate surface area is 176 Å². The van der Waals surface area contributed by atoms with E-state index < -0.39 is 11.2 Å². The average Bonchev–Trinajstić information content (AvgIpc) is 2.73. The van der Waals surface area contributed by atoms with Crippen molar-refractivity contribution in [1.82, 2.24) is 14.3 Å². The summed E-state index contributed by atoms with van der Waals surface area (Å²) in [5.74, 6) is 0.0167. The number of nitrogens with zero attached hydrogens (tertiary/aromatic N) is 3. The van der Waals surface area contributed by atoms with Gasteiger partial charge < -0.3 is 14.8 Å². The number of rotatable bonds is 6. The third-order valence-corrected chi connectivity index (χ3v) is 4.53. The topological polar surface area (TPSA) is 104 Å².